The number of esters is 3. The Kier molecular flexibility index (Phi) is 10.9. The molecule has 0 fully saturated rings. The van der Waals surface area contributed by atoms with Crippen LogP contribution in [0.25, 0.3) is 0 Å². The van der Waals surface area contributed by atoms with Gasteiger partial charge in [-0.15, -0.1) is 0 Å². The van der Waals surface area contributed by atoms with Gasteiger partial charge in [-0.05, 0) is 24.7 Å². The normalized spacial score (nSPS) is 11.0. The number of rotatable bonds is 12. The zero-order valence-electron chi connectivity index (χ0n) is 13.2. The number of hydrogen-bond acceptors (Lipinski definition) is 9. The maximum absolute atomic E-state index is 10.9. The molecule has 0 saturated heterocycles. The minimum absolute atomic E-state index is 0.0534. The fourth-order valence-corrected chi connectivity index (χ4v) is 1.75. The fourth-order valence-electron chi connectivity index (χ4n) is 1.75. The highest BCUT2D eigenvalue weighted by molar-refractivity contribution is 5.70. The van der Waals surface area contributed by atoms with Crippen LogP contribution in [0.2, 0.25) is 0 Å². The maximum atomic E-state index is 10.9. The summed E-state index contributed by atoms with van der Waals surface area (Å²) in [5.74, 6) is -2.23. The Morgan fingerprint density at radius 1 is 0.696 bits per heavy atom. The molecule has 0 aromatic carbocycles. The monoisotopic (exact) mass is 336 g/mol. The SMILES string of the molecule is CC(CCOC(=O)CO)(CCOC(=O)CO)CCOC(=O)CO. The Bertz CT molecular complexity index is 325. The minimum Gasteiger partial charge on any atom is -0.464 e. The third-order valence-electron chi connectivity index (χ3n) is 3.29. The van der Waals surface area contributed by atoms with Crippen LogP contribution in [0.15, 0.2) is 0 Å². The quantitative estimate of drug-likeness (QED) is 0.295. The van der Waals surface area contributed by atoms with E-state index < -0.39 is 43.1 Å². The highest BCUT2D eigenvalue weighted by Crippen LogP contribution is 2.30. The summed E-state index contributed by atoms with van der Waals surface area (Å²) in [7, 11) is 0. The molecule has 9 nitrogen and oxygen atoms in total. The third-order valence-corrected chi connectivity index (χ3v) is 3.29. The highest BCUT2D eigenvalue weighted by atomic mass is 16.6. The van der Waals surface area contributed by atoms with E-state index in [2.05, 4.69) is 0 Å². The highest BCUT2D eigenvalue weighted by Gasteiger charge is 2.25. The van der Waals surface area contributed by atoms with Crippen LogP contribution in [-0.2, 0) is 28.6 Å². The Morgan fingerprint density at radius 2 is 0.957 bits per heavy atom. The van der Waals surface area contributed by atoms with Gasteiger partial charge in [-0.25, -0.2) is 14.4 Å². The summed E-state index contributed by atoms with van der Waals surface area (Å²) in [5.41, 5.74) is -0.471. The van der Waals surface area contributed by atoms with Gasteiger partial charge in [0, 0.05) is 0 Å². The first-order valence-electron chi connectivity index (χ1n) is 7.16. The van der Waals surface area contributed by atoms with Crippen molar-refractivity contribution in [2.75, 3.05) is 39.6 Å². The predicted octanol–water partition coefficient (Wildman–Crippen LogP) is -1.23. The van der Waals surface area contributed by atoms with Gasteiger partial charge in [0.2, 0.25) is 0 Å². The molecule has 0 spiro atoms. The van der Waals surface area contributed by atoms with Crippen molar-refractivity contribution in [3.63, 3.8) is 0 Å². The van der Waals surface area contributed by atoms with Crippen LogP contribution in [0.4, 0.5) is 0 Å². The average molecular weight is 336 g/mol. The first-order valence-corrected chi connectivity index (χ1v) is 7.16. The molecule has 134 valence electrons. The lowest BCUT2D eigenvalue weighted by Crippen LogP contribution is -2.26. The summed E-state index contributed by atoms with van der Waals surface area (Å²) in [5, 5.41) is 25.8. The summed E-state index contributed by atoms with van der Waals surface area (Å²) >= 11 is 0. The summed E-state index contributed by atoms with van der Waals surface area (Å²) in [6, 6.07) is 0. The summed E-state index contributed by atoms with van der Waals surface area (Å²) in [6.07, 6.45) is 1.18. The number of hydrogen-bond donors (Lipinski definition) is 3. The molecule has 0 heterocycles. The molecule has 0 bridgehead atoms. The number of aliphatic hydroxyl groups excluding tert-OH is 3. The second-order valence-corrected chi connectivity index (χ2v) is 5.20. The lowest BCUT2D eigenvalue weighted by atomic mass is 9.81. The number of aliphatic hydroxyl groups is 3. The van der Waals surface area contributed by atoms with Crippen LogP contribution in [0.1, 0.15) is 26.2 Å². The third kappa shape index (κ3) is 10.6. The van der Waals surface area contributed by atoms with E-state index in [4.69, 9.17) is 29.5 Å². The molecule has 0 rings (SSSR count). The van der Waals surface area contributed by atoms with Gasteiger partial charge >= 0.3 is 17.9 Å². The Morgan fingerprint density at radius 3 is 1.17 bits per heavy atom. The van der Waals surface area contributed by atoms with Gasteiger partial charge in [0.1, 0.15) is 19.8 Å². The second kappa shape index (κ2) is 11.8. The predicted molar refractivity (Wildman–Crippen MR) is 76.1 cm³/mol. The van der Waals surface area contributed by atoms with E-state index in [1.807, 2.05) is 6.92 Å². The van der Waals surface area contributed by atoms with Crippen molar-refractivity contribution in [3.05, 3.63) is 0 Å². The molecule has 0 aromatic heterocycles. The van der Waals surface area contributed by atoms with Crippen molar-refractivity contribution in [2.45, 2.75) is 26.2 Å². The molecule has 0 atom stereocenters. The van der Waals surface area contributed by atoms with Crippen molar-refractivity contribution in [2.24, 2.45) is 5.41 Å². The smallest absolute Gasteiger partial charge is 0.331 e. The molecule has 0 aromatic rings. The fraction of sp³-hybridized carbons (Fsp3) is 0.786. The van der Waals surface area contributed by atoms with Crippen molar-refractivity contribution >= 4 is 17.9 Å². The zero-order valence-corrected chi connectivity index (χ0v) is 13.2. The summed E-state index contributed by atoms with van der Waals surface area (Å²) < 4.78 is 14.4. The largest absolute Gasteiger partial charge is 0.464 e. The van der Waals surface area contributed by atoms with Gasteiger partial charge in [-0.2, -0.15) is 0 Å². The van der Waals surface area contributed by atoms with E-state index >= 15 is 0 Å². The zero-order chi connectivity index (χ0) is 17.7. The van der Waals surface area contributed by atoms with Gasteiger partial charge in [0.25, 0.3) is 0 Å². The molecule has 0 saturated carbocycles. The van der Waals surface area contributed by atoms with E-state index in [-0.39, 0.29) is 19.8 Å². The summed E-state index contributed by atoms with van der Waals surface area (Å²) in [4.78, 5) is 32.7. The van der Waals surface area contributed by atoms with Crippen molar-refractivity contribution < 1.29 is 43.9 Å². The Hall–Kier alpha value is -1.71. The molecular formula is C14H24O9. The van der Waals surface area contributed by atoms with E-state index in [1.54, 1.807) is 0 Å². The topological polar surface area (TPSA) is 140 Å². The molecule has 0 aliphatic heterocycles. The van der Waals surface area contributed by atoms with Gasteiger partial charge in [-0.1, -0.05) is 6.92 Å². The van der Waals surface area contributed by atoms with Crippen LogP contribution in [0.5, 0.6) is 0 Å². The van der Waals surface area contributed by atoms with Crippen LogP contribution in [0, 0.1) is 5.41 Å². The van der Waals surface area contributed by atoms with E-state index in [9.17, 15) is 14.4 Å². The Labute approximate surface area is 134 Å². The minimum atomic E-state index is -0.745. The van der Waals surface area contributed by atoms with E-state index in [1.165, 1.54) is 0 Å². The Balaban J connectivity index is 4.39. The molecule has 23 heavy (non-hydrogen) atoms. The average Bonchev–Trinajstić information content (AvgIpc) is 2.54. The molecule has 0 unspecified atom stereocenters. The van der Waals surface area contributed by atoms with Gasteiger partial charge < -0.3 is 29.5 Å². The van der Waals surface area contributed by atoms with Crippen molar-refractivity contribution in [1.82, 2.24) is 0 Å². The number of ether oxygens (including phenoxy) is 3. The van der Waals surface area contributed by atoms with Crippen LogP contribution >= 0.6 is 0 Å². The van der Waals surface area contributed by atoms with Gasteiger partial charge in [0.05, 0.1) is 19.8 Å². The lowest BCUT2D eigenvalue weighted by Gasteiger charge is -2.29. The standard InChI is InChI=1S/C14H24O9/c1-14(2-5-21-11(18)8-15,3-6-22-12(19)9-16)4-7-23-13(20)10-17/h15-17H,2-10H2,1H3. The summed E-state index contributed by atoms with van der Waals surface area (Å²) in [6.45, 7) is -0.135. The molecule has 3 N–H and O–H groups in total. The number of carbonyl (C=O) groups is 3. The molecule has 9 heteroatoms. The maximum Gasteiger partial charge on any atom is 0.331 e. The van der Waals surface area contributed by atoms with Gasteiger partial charge in [-0.3, -0.25) is 0 Å². The molecular weight excluding hydrogens is 312 g/mol. The molecule has 0 aliphatic carbocycles. The van der Waals surface area contributed by atoms with Crippen LogP contribution in [-0.4, -0.2) is 72.9 Å². The van der Waals surface area contributed by atoms with Crippen molar-refractivity contribution in [1.29, 1.82) is 0 Å². The first kappa shape index (κ1) is 21.3. The second-order valence-electron chi connectivity index (χ2n) is 5.20. The van der Waals surface area contributed by atoms with E-state index in [0.717, 1.165) is 0 Å². The molecule has 0 aliphatic rings. The van der Waals surface area contributed by atoms with Gasteiger partial charge in [0.15, 0.2) is 0 Å². The van der Waals surface area contributed by atoms with Crippen LogP contribution in [0.3, 0.4) is 0 Å². The van der Waals surface area contributed by atoms with E-state index in [0.29, 0.717) is 19.3 Å². The molecule has 0 radical (unpaired) electrons. The first-order chi connectivity index (χ1) is 10.9. The van der Waals surface area contributed by atoms with Crippen LogP contribution < -0.4 is 0 Å². The lowest BCUT2D eigenvalue weighted by molar-refractivity contribution is -0.148. The molecule has 0 amide bonds. The van der Waals surface area contributed by atoms with Crippen molar-refractivity contribution in [3.8, 4) is 0 Å². The number of carbonyl (C=O) groups excluding carboxylic acids is 3.